The summed E-state index contributed by atoms with van der Waals surface area (Å²) in [6.07, 6.45) is 5.10. The second-order valence-electron chi connectivity index (χ2n) is 4.49. The van der Waals surface area contributed by atoms with Gasteiger partial charge in [-0.25, -0.2) is 4.98 Å². The Hall–Kier alpha value is -1.36. The van der Waals surface area contributed by atoms with E-state index >= 15 is 0 Å². The number of aromatic nitrogens is 2. The number of ether oxygens (including phenoxy) is 1. The number of carbonyl (C=O) groups excluding carboxylic acids is 1. The highest BCUT2D eigenvalue weighted by molar-refractivity contribution is 5.81. The van der Waals surface area contributed by atoms with Crippen LogP contribution in [0.15, 0.2) is 12.5 Å². The molecule has 1 fully saturated rings. The van der Waals surface area contributed by atoms with Crippen molar-refractivity contribution in [3.05, 3.63) is 18.2 Å². The van der Waals surface area contributed by atoms with Gasteiger partial charge in [0.1, 0.15) is 6.10 Å². The molecule has 0 saturated carbocycles. The van der Waals surface area contributed by atoms with Crippen molar-refractivity contribution in [2.75, 3.05) is 6.54 Å². The van der Waals surface area contributed by atoms with E-state index in [-0.39, 0.29) is 12.0 Å². The number of carbonyl (C=O) groups is 1. The fourth-order valence-corrected chi connectivity index (χ4v) is 1.97. The summed E-state index contributed by atoms with van der Waals surface area (Å²) >= 11 is 0. The highest BCUT2D eigenvalue weighted by Crippen LogP contribution is 2.10. The first-order chi connectivity index (χ1) is 8.19. The molecule has 5 heteroatoms. The summed E-state index contributed by atoms with van der Waals surface area (Å²) in [5.41, 5.74) is 0.910. The maximum atomic E-state index is 11.6. The number of amides is 1. The molecule has 1 aliphatic rings. The molecule has 0 spiro atoms. The molecule has 1 aromatic rings. The minimum absolute atomic E-state index is 0.0341. The molecule has 1 saturated heterocycles. The van der Waals surface area contributed by atoms with Gasteiger partial charge in [-0.2, -0.15) is 0 Å². The van der Waals surface area contributed by atoms with Crippen molar-refractivity contribution in [2.45, 2.75) is 45.4 Å². The Kier molecular flexibility index (Phi) is 3.78. The maximum absolute atomic E-state index is 11.6. The van der Waals surface area contributed by atoms with Gasteiger partial charge in [-0.15, -0.1) is 0 Å². The number of aryl methyl sites for hydroxylation is 1. The van der Waals surface area contributed by atoms with Crippen LogP contribution < -0.4 is 5.32 Å². The number of imidazole rings is 1. The number of nitrogens with zero attached hydrogens (tertiary/aromatic N) is 2. The van der Waals surface area contributed by atoms with E-state index in [0.717, 1.165) is 18.7 Å². The highest BCUT2D eigenvalue weighted by atomic mass is 16.5. The van der Waals surface area contributed by atoms with E-state index in [9.17, 15) is 4.79 Å². The Morgan fingerprint density at radius 3 is 3.24 bits per heavy atom. The van der Waals surface area contributed by atoms with Crippen molar-refractivity contribution < 1.29 is 9.53 Å². The normalized spacial score (nSPS) is 24.7. The molecule has 2 atom stereocenters. The third-order valence-corrected chi connectivity index (χ3v) is 2.82. The summed E-state index contributed by atoms with van der Waals surface area (Å²) in [5.74, 6) is -0.0341. The molecule has 1 N–H and O–H groups in total. The lowest BCUT2D eigenvalue weighted by molar-refractivity contribution is -0.143. The van der Waals surface area contributed by atoms with E-state index < -0.39 is 6.10 Å². The smallest absolute Gasteiger partial charge is 0.249 e. The summed E-state index contributed by atoms with van der Waals surface area (Å²) in [4.78, 5) is 15.9. The van der Waals surface area contributed by atoms with Gasteiger partial charge in [0, 0.05) is 25.7 Å². The third kappa shape index (κ3) is 3.06. The van der Waals surface area contributed by atoms with Crippen LogP contribution in [0.4, 0.5) is 0 Å². The van der Waals surface area contributed by atoms with Gasteiger partial charge in [0.25, 0.3) is 0 Å². The first kappa shape index (κ1) is 12.1. The molecule has 5 nitrogen and oxygen atoms in total. The fourth-order valence-electron chi connectivity index (χ4n) is 1.97. The predicted octanol–water partition coefficient (Wildman–Crippen LogP) is 0.739. The van der Waals surface area contributed by atoms with Crippen molar-refractivity contribution >= 4 is 5.91 Å². The summed E-state index contributed by atoms with van der Waals surface area (Å²) in [7, 11) is 0. The van der Waals surface area contributed by atoms with Gasteiger partial charge < -0.3 is 14.6 Å². The van der Waals surface area contributed by atoms with Crippen LogP contribution in [0.25, 0.3) is 0 Å². The largest absolute Gasteiger partial charge is 0.363 e. The summed E-state index contributed by atoms with van der Waals surface area (Å²) in [6.45, 7) is 5.64. The molecule has 1 aromatic heterocycles. The van der Waals surface area contributed by atoms with E-state index in [1.807, 2.05) is 24.0 Å². The summed E-state index contributed by atoms with van der Waals surface area (Å²) in [5, 5.41) is 2.84. The van der Waals surface area contributed by atoms with E-state index in [2.05, 4.69) is 17.2 Å². The number of hydrogen-bond donors (Lipinski definition) is 1. The Balaban J connectivity index is 1.96. The standard InChI is InChI=1S/C12H19N3O2/c1-3-4-15-7-10(14-8-15)5-11-12(16)13-6-9(2)17-11/h7-9,11H,3-6H2,1-2H3,(H,13,16). The topological polar surface area (TPSA) is 56.1 Å². The summed E-state index contributed by atoms with van der Waals surface area (Å²) < 4.78 is 7.65. The van der Waals surface area contributed by atoms with E-state index in [0.29, 0.717) is 13.0 Å². The quantitative estimate of drug-likeness (QED) is 0.840. The molecule has 1 aliphatic heterocycles. The maximum Gasteiger partial charge on any atom is 0.249 e. The van der Waals surface area contributed by atoms with Gasteiger partial charge in [-0.1, -0.05) is 6.92 Å². The van der Waals surface area contributed by atoms with E-state index in [4.69, 9.17) is 4.74 Å². The van der Waals surface area contributed by atoms with Crippen molar-refractivity contribution in [1.82, 2.24) is 14.9 Å². The minimum Gasteiger partial charge on any atom is -0.363 e. The number of rotatable bonds is 4. The van der Waals surface area contributed by atoms with Gasteiger partial charge in [-0.05, 0) is 13.3 Å². The molecule has 2 rings (SSSR count). The molecule has 0 radical (unpaired) electrons. The van der Waals surface area contributed by atoms with Gasteiger partial charge in [0.05, 0.1) is 18.1 Å². The van der Waals surface area contributed by atoms with Gasteiger partial charge in [0.2, 0.25) is 5.91 Å². The molecule has 2 unspecified atom stereocenters. The lowest BCUT2D eigenvalue weighted by Gasteiger charge is -2.27. The zero-order valence-corrected chi connectivity index (χ0v) is 10.3. The van der Waals surface area contributed by atoms with Crippen LogP contribution in [0.3, 0.4) is 0 Å². The Bertz CT molecular complexity index is 389. The molecule has 94 valence electrons. The molecular formula is C12H19N3O2. The monoisotopic (exact) mass is 237 g/mol. The zero-order chi connectivity index (χ0) is 12.3. The van der Waals surface area contributed by atoms with Gasteiger partial charge >= 0.3 is 0 Å². The van der Waals surface area contributed by atoms with Crippen LogP contribution in [0.2, 0.25) is 0 Å². The van der Waals surface area contributed by atoms with Crippen LogP contribution in [-0.4, -0.2) is 34.2 Å². The Morgan fingerprint density at radius 2 is 2.47 bits per heavy atom. The molecule has 0 bridgehead atoms. The number of hydrogen-bond acceptors (Lipinski definition) is 3. The van der Waals surface area contributed by atoms with Crippen molar-refractivity contribution in [3.8, 4) is 0 Å². The first-order valence-electron chi connectivity index (χ1n) is 6.13. The van der Waals surface area contributed by atoms with Crippen molar-refractivity contribution in [2.24, 2.45) is 0 Å². The van der Waals surface area contributed by atoms with Crippen LogP contribution >= 0.6 is 0 Å². The summed E-state index contributed by atoms with van der Waals surface area (Å²) in [6, 6.07) is 0. The molecule has 1 amide bonds. The van der Waals surface area contributed by atoms with Gasteiger partial charge in [0.15, 0.2) is 0 Å². The molecular weight excluding hydrogens is 218 g/mol. The number of nitrogens with one attached hydrogen (secondary N) is 1. The SMILES string of the molecule is CCCn1cnc(CC2OC(C)CNC2=O)c1. The minimum atomic E-state index is -0.399. The lowest BCUT2D eigenvalue weighted by atomic mass is 10.1. The van der Waals surface area contributed by atoms with Crippen LogP contribution in [0.5, 0.6) is 0 Å². The molecule has 0 aromatic carbocycles. The first-order valence-corrected chi connectivity index (χ1v) is 6.13. The molecule has 2 heterocycles. The average Bonchev–Trinajstić information content (AvgIpc) is 2.72. The Morgan fingerprint density at radius 1 is 1.65 bits per heavy atom. The average molecular weight is 237 g/mol. The predicted molar refractivity (Wildman–Crippen MR) is 63.6 cm³/mol. The van der Waals surface area contributed by atoms with Crippen molar-refractivity contribution in [3.63, 3.8) is 0 Å². The lowest BCUT2D eigenvalue weighted by Crippen LogP contribution is -2.49. The molecule has 17 heavy (non-hydrogen) atoms. The fraction of sp³-hybridized carbons (Fsp3) is 0.667. The van der Waals surface area contributed by atoms with E-state index in [1.165, 1.54) is 0 Å². The third-order valence-electron chi connectivity index (χ3n) is 2.82. The van der Waals surface area contributed by atoms with Crippen LogP contribution in [0, 0.1) is 0 Å². The molecule has 0 aliphatic carbocycles. The van der Waals surface area contributed by atoms with Crippen LogP contribution in [0.1, 0.15) is 26.0 Å². The van der Waals surface area contributed by atoms with Crippen molar-refractivity contribution in [1.29, 1.82) is 0 Å². The zero-order valence-electron chi connectivity index (χ0n) is 10.3. The van der Waals surface area contributed by atoms with Gasteiger partial charge in [-0.3, -0.25) is 4.79 Å². The second kappa shape index (κ2) is 5.31. The Labute approximate surface area is 101 Å². The van der Waals surface area contributed by atoms with Crippen LogP contribution in [-0.2, 0) is 22.5 Å². The highest BCUT2D eigenvalue weighted by Gasteiger charge is 2.27. The number of morpholine rings is 1. The van der Waals surface area contributed by atoms with E-state index in [1.54, 1.807) is 0 Å². The second-order valence-corrected chi connectivity index (χ2v) is 4.49.